The number of fused-ring (bicyclic) bond motifs is 1. The van der Waals surface area contributed by atoms with Crippen molar-refractivity contribution in [2.75, 3.05) is 14.2 Å². The van der Waals surface area contributed by atoms with Gasteiger partial charge in [0.05, 0.1) is 24.7 Å². The van der Waals surface area contributed by atoms with Gasteiger partial charge in [-0.25, -0.2) is 0 Å². The summed E-state index contributed by atoms with van der Waals surface area (Å²) in [6, 6.07) is 10.8. The Morgan fingerprint density at radius 3 is 2.45 bits per heavy atom. The Morgan fingerprint density at radius 1 is 1.09 bits per heavy atom. The molecule has 0 aromatic heterocycles. The number of methoxy groups -OCH3 is 2. The molecule has 22 heavy (non-hydrogen) atoms. The number of hydrogen-bond acceptors (Lipinski definition) is 5. The second-order valence-corrected chi connectivity index (χ2v) is 6.21. The summed E-state index contributed by atoms with van der Waals surface area (Å²) in [5, 5.41) is 10.1. The molecule has 0 aliphatic carbocycles. The molecule has 1 atom stereocenters. The van der Waals surface area contributed by atoms with E-state index in [0.29, 0.717) is 22.6 Å². The number of carbonyl (C=O) groups excluding carboxylic acids is 1. The SMILES string of the molecule is COc1ccc(C2CC(=O)c3c(OC)ccc(O)c3S2)cc1. The first-order valence-corrected chi connectivity index (χ1v) is 7.75. The van der Waals surface area contributed by atoms with Gasteiger partial charge < -0.3 is 14.6 Å². The van der Waals surface area contributed by atoms with Crippen molar-refractivity contribution in [3.63, 3.8) is 0 Å². The largest absolute Gasteiger partial charge is 0.507 e. The molecule has 3 rings (SSSR count). The number of hydrogen-bond donors (Lipinski definition) is 1. The molecule has 1 heterocycles. The van der Waals surface area contributed by atoms with E-state index in [1.54, 1.807) is 19.2 Å². The Hall–Kier alpha value is -2.14. The highest BCUT2D eigenvalue weighted by Crippen LogP contribution is 2.50. The average Bonchev–Trinajstić information content (AvgIpc) is 2.55. The second kappa shape index (κ2) is 5.93. The maximum Gasteiger partial charge on any atom is 0.169 e. The molecule has 4 nitrogen and oxygen atoms in total. The Labute approximate surface area is 133 Å². The van der Waals surface area contributed by atoms with Crippen molar-refractivity contribution in [1.29, 1.82) is 0 Å². The molecule has 0 saturated heterocycles. The standard InChI is InChI=1S/C17H16O4S/c1-20-11-5-3-10(4-6-11)15-9-13(19)16-14(21-2)8-7-12(18)17(16)22-15/h3-8,15,18H,9H2,1-2H3. The highest BCUT2D eigenvalue weighted by Gasteiger charge is 2.31. The summed E-state index contributed by atoms with van der Waals surface area (Å²) in [6.45, 7) is 0. The Morgan fingerprint density at radius 2 is 1.82 bits per heavy atom. The van der Waals surface area contributed by atoms with Crippen LogP contribution in [0.4, 0.5) is 0 Å². The zero-order chi connectivity index (χ0) is 15.7. The fraction of sp³-hybridized carbons (Fsp3) is 0.235. The van der Waals surface area contributed by atoms with Crippen LogP contribution in [-0.2, 0) is 0 Å². The third-order valence-corrected chi connectivity index (χ3v) is 5.09. The van der Waals surface area contributed by atoms with Gasteiger partial charge in [-0.3, -0.25) is 4.79 Å². The molecule has 0 bridgehead atoms. The lowest BCUT2D eigenvalue weighted by molar-refractivity contribution is 0.0972. The highest BCUT2D eigenvalue weighted by atomic mass is 32.2. The van der Waals surface area contributed by atoms with Gasteiger partial charge in [-0.1, -0.05) is 12.1 Å². The van der Waals surface area contributed by atoms with Crippen molar-refractivity contribution >= 4 is 17.5 Å². The molecule has 5 heteroatoms. The van der Waals surface area contributed by atoms with Crippen molar-refractivity contribution in [3.8, 4) is 17.2 Å². The molecule has 114 valence electrons. The Bertz CT molecular complexity index is 709. The Kier molecular flexibility index (Phi) is 3.98. The van der Waals surface area contributed by atoms with Crippen molar-refractivity contribution in [3.05, 3.63) is 47.5 Å². The molecule has 1 aliphatic rings. The van der Waals surface area contributed by atoms with Crippen molar-refractivity contribution in [2.45, 2.75) is 16.6 Å². The van der Waals surface area contributed by atoms with Gasteiger partial charge in [0.2, 0.25) is 0 Å². The fourth-order valence-electron chi connectivity index (χ4n) is 2.57. The summed E-state index contributed by atoms with van der Waals surface area (Å²) in [7, 11) is 3.15. The number of Topliss-reactive ketones (excluding diaryl/α,β-unsaturated/α-hetero) is 1. The van der Waals surface area contributed by atoms with Gasteiger partial charge in [0.1, 0.15) is 17.2 Å². The first-order valence-electron chi connectivity index (χ1n) is 6.87. The van der Waals surface area contributed by atoms with Crippen molar-refractivity contribution < 1.29 is 19.4 Å². The third-order valence-electron chi connectivity index (χ3n) is 3.72. The zero-order valence-electron chi connectivity index (χ0n) is 12.3. The van der Waals surface area contributed by atoms with Crippen LogP contribution in [0.2, 0.25) is 0 Å². The fourth-order valence-corrected chi connectivity index (χ4v) is 3.90. The van der Waals surface area contributed by atoms with Crippen LogP contribution in [0, 0.1) is 0 Å². The molecular weight excluding hydrogens is 300 g/mol. The van der Waals surface area contributed by atoms with E-state index < -0.39 is 0 Å². The molecule has 0 fully saturated rings. The number of carbonyl (C=O) groups is 1. The predicted molar refractivity (Wildman–Crippen MR) is 85.2 cm³/mol. The van der Waals surface area contributed by atoms with Crippen LogP contribution in [0.5, 0.6) is 17.2 Å². The molecule has 0 saturated carbocycles. The highest BCUT2D eigenvalue weighted by molar-refractivity contribution is 7.99. The minimum Gasteiger partial charge on any atom is -0.507 e. The van der Waals surface area contributed by atoms with Crippen LogP contribution in [-0.4, -0.2) is 25.1 Å². The van der Waals surface area contributed by atoms with Crippen LogP contribution < -0.4 is 9.47 Å². The summed E-state index contributed by atoms with van der Waals surface area (Å²) in [4.78, 5) is 13.1. The molecule has 1 unspecified atom stereocenters. The summed E-state index contributed by atoms with van der Waals surface area (Å²) < 4.78 is 10.4. The number of phenols is 1. The molecule has 0 radical (unpaired) electrons. The Balaban J connectivity index is 1.98. The summed E-state index contributed by atoms with van der Waals surface area (Å²) in [5.41, 5.74) is 1.52. The summed E-state index contributed by atoms with van der Waals surface area (Å²) >= 11 is 1.49. The molecule has 0 amide bonds. The number of benzene rings is 2. The van der Waals surface area contributed by atoms with E-state index in [1.165, 1.54) is 18.9 Å². The van der Waals surface area contributed by atoms with Crippen LogP contribution in [0.25, 0.3) is 0 Å². The summed E-state index contributed by atoms with van der Waals surface area (Å²) in [6.07, 6.45) is 0.379. The number of aromatic hydroxyl groups is 1. The van der Waals surface area contributed by atoms with E-state index >= 15 is 0 Å². The van der Waals surface area contributed by atoms with Gasteiger partial charge >= 0.3 is 0 Å². The van der Waals surface area contributed by atoms with Gasteiger partial charge in [-0.15, -0.1) is 11.8 Å². The van der Waals surface area contributed by atoms with Gasteiger partial charge in [0.25, 0.3) is 0 Å². The van der Waals surface area contributed by atoms with Crippen LogP contribution in [0.3, 0.4) is 0 Å². The van der Waals surface area contributed by atoms with Gasteiger partial charge in [0, 0.05) is 11.7 Å². The number of ether oxygens (including phenoxy) is 2. The van der Waals surface area contributed by atoms with Crippen molar-refractivity contribution in [2.24, 2.45) is 0 Å². The minimum atomic E-state index is -0.0242. The van der Waals surface area contributed by atoms with E-state index in [1.807, 2.05) is 24.3 Å². The van der Waals surface area contributed by atoms with Crippen molar-refractivity contribution in [1.82, 2.24) is 0 Å². The lowest BCUT2D eigenvalue weighted by atomic mass is 10.00. The van der Waals surface area contributed by atoms with Crippen LogP contribution >= 0.6 is 11.8 Å². The number of rotatable bonds is 3. The molecule has 2 aromatic rings. The van der Waals surface area contributed by atoms with Gasteiger partial charge in [0.15, 0.2) is 5.78 Å². The second-order valence-electron chi connectivity index (χ2n) is 5.00. The summed E-state index contributed by atoms with van der Waals surface area (Å²) in [5.74, 6) is 1.40. The normalized spacial score (nSPS) is 17.0. The van der Waals surface area contributed by atoms with Crippen LogP contribution in [0.1, 0.15) is 27.6 Å². The monoisotopic (exact) mass is 316 g/mol. The molecule has 1 N–H and O–H groups in total. The number of ketones is 1. The average molecular weight is 316 g/mol. The maximum absolute atomic E-state index is 12.5. The number of thioether (sulfide) groups is 1. The predicted octanol–water partition coefficient (Wildman–Crippen LogP) is 3.83. The quantitative estimate of drug-likeness (QED) is 0.932. The van der Waals surface area contributed by atoms with E-state index in [9.17, 15) is 9.90 Å². The van der Waals surface area contributed by atoms with E-state index in [0.717, 1.165) is 11.3 Å². The number of phenolic OH excluding ortho intramolecular Hbond substituents is 1. The van der Waals surface area contributed by atoms with Gasteiger partial charge in [-0.2, -0.15) is 0 Å². The zero-order valence-corrected chi connectivity index (χ0v) is 13.1. The minimum absolute atomic E-state index is 0.0117. The third kappa shape index (κ3) is 2.52. The molecule has 0 spiro atoms. The first kappa shape index (κ1) is 14.8. The van der Waals surface area contributed by atoms with E-state index in [2.05, 4.69) is 0 Å². The first-order chi connectivity index (χ1) is 10.6. The lowest BCUT2D eigenvalue weighted by Crippen LogP contribution is -2.13. The maximum atomic E-state index is 12.5. The molecular formula is C17H16O4S. The van der Waals surface area contributed by atoms with Gasteiger partial charge in [-0.05, 0) is 29.8 Å². The smallest absolute Gasteiger partial charge is 0.169 e. The van der Waals surface area contributed by atoms with E-state index in [-0.39, 0.29) is 16.8 Å². The van der Waals surface area contributed by atoms with E-state index in [4.69, 9.17) is 9.47 Å². The van der Waals surface area contributed by atoms with Crippen LogP contribution in [0.15, 0.2) is 41.3 Å². The topological polar surface area (TPSA) is 55.8 Å². The molecule has 1 aliphatic heterocycles. The molecule has 2 aromatic carbocycles. The lowest BCUT2D eigenvalue weighted by Gasteiger charge is -2.25.